The number of pyridine rings is 1. The van der Waals surface area contributed by atoms with Gasteiger partial charge in [0, 0.05) is 44.6 Å². The highest BCUT2D eigenvalue weighted by Gasteiger charge is 2.29. The Balaban J connectivity index is 1.50. The lowest BCUT2D eigenvalue weighted by Gasteiger charge is -2.37. The topological polar surface area (TPSA) is 50.1 Å². The van der Waals surface area contributed by atoms with Crippen molar-refractivity contribution in [3.05, 3.63) is 35.8 Å². The van der Waals surface area contributed by atoms with Gasteiger partial charge in [0.1, 0.15) is 5.65 Å². The molecule has 2 aliphatic rings. The Bertz CT molecular complexity index is 766. The molecule has 0 aliphatic carbocycles. The molecule has 0 aromatic carbocycles. The van der Waals surface area contributed by atoms with Gasteiger partial charge in [0.15, 0.2) is 0 Å². The summed E-state index contributed by atoms with van der Waals surface area (Å²) in [5.74, 6) is 0.132. The Hall–Kier alpha value is -1.92. The second kappa shape index (κ2) is 7.76. The number of carbonyl (C=O) groups is 1. The predicted molar refractivity (Wildman–Crippen MR) is 100 cm³/mol. The molecule has 6 heteroatoms. The van der Waals surface area contributed by atoms with Crippen LogP contribution in [0.2, 0.25) is 0 Å². The van der Waals surface area contributed by atoms with Gasteiger partial charge in [-0.05, 0) is 44.7 Å². The number of likely N-dealkylation sites (tertiary alicyclic amines) is 1. The number of rotatable bonds is 4. The molecule has 0 bridgehead atoms. The molecule has 1 unspecified atom stereocenters. The van der Waals surface area contributed by atoms with Crippen LogP contribution in [0.5, 0.6) is 0 Å². The van der Waals surface area contributed by atoms with Crippen LogP contribution in [0.4, 0.5) is 0 Å². The highest BCUT2D eigenvalue weighted by molar-refractivity contribution is 6.00. The summed E-state index contributed by atoms with van der Waals surface area (Å²) in [5.41, 5.74) is 2.43. The minimum atomic E-state index is 0.132. The van der Waals surface area contributed by atoms with E-state index in [-0.39, 0.29) is 5.91 Å². The summed E-state index contributed by atoms with van der Waals surface area (Å²) in [5, 5.41) is 0. The summed E-state index contributed by atoms with van der Waals surface area (Å²) < 4.78 is 7.39. The molecule has 2 aliphatic heterocycles. The van der Waals surface area contributed by atoms with Gasteiger partial charge in [0.2, 0.25) is 0 Å². The third-order valence-corrected chi connectivity index (χ3v) is 5.60. The number of aryl methyl sites for hydroxylation is 1. The fourth-order valence-electron chi connectivity index (χ4n) is 4.18. The number of nitrogens with zero attached hydrogens (tertiary/aromatic N) is 4. The number of morpholine rings is 1. The molecule has 2 fully saturated rings. The lowest BCUT2D eigenvalue weighted by Crippen LogP contribution is -2.46. The largest absolute Gasteiger partial charge is 0.379 e. The first-order chi connectivity index (χ1) is 12.7. The van der Waals surface area contributed by atoms with Crippen molar-refractivity contribution in [3.63, 3.8) is 0 Å². The van der Waals surface area contributed by atoms with Crippen LogP contribution in [0.1, 0.15) is 41.7 Å². The van der Waals surface area contributed by atoms with Gasteiger partial charge >= 0.3 is 0 Å². The summed E-state index contributed by atoms with van der Waals surface area (Å²) in [6.07, 6.45) is 8.38. The molecular formula is C20H28N4O2. The Morgan fingerprint density at radius 1 is 1.27 bits per heavy atom. The van der Waals surface area contributed by atoms with Crippen molar-refractivity contribution in [1.82, 2.24) is 19.2 Å². The summed E-state index contributed by atoms with van der Waals surface area (Å²) in [6.45, 7) is 7.54. The molecule has 0 N–H and O–H groups in total. The smallest absolute Gasteiger partial charge is 0.257 e. The Morgan fingerprint density at radius 2 is 2.12 bits per heavy atom. The van der Waals surface area contributed by atoms with Crippen molar-refractivity contribution < 1.29 is 9.53 Å². The van der Waals surface area contributed by atoms with Crippen molar-refractivity contribution in [3.8, 4) is 0 Å². The molecule has 0 saturated carbocycles. The van der Waals surface area contributed by atoms with Crippen LogP contribution in [-0.4, -0.2) is 70.5 Å². The van der Waals surface area contributed by atoms with E-state index in [1.807, 2.05) is 35.9 Å². The molecule has 140 valence electrons. The molecule has 0 spiro atoms. The van der Waals surface area contributed by atoms with E-state index in [0.29, 0.717) is 6.04 Å². The van der Waals surface area contributed by atoms with Gasteiger partial charge in [-0.1, -0.05) is 0 Å². The van der Waals surface area contributed by atoms with E-state index in [9.17, 15) is 4.79 Å². The summed E-state index contributed by atoms with van der Waals surface area (Å²) in [7, 11) is 0. The quantitative estimate of drug-likeness (QED) is 0.844. The number of carbonyl (C=O) groups excluding carboxylic acids is 1. The van der Waals surface area contributed by atoms with Gasteiger partial charge in [0.05, 0.1) is 24.5 Å². The number of imidazole rings is 1. The van der Waals surface area contributed by atoms with Crippen molar-refractivity contribution in [1.29, 1.82) is 0 Å². The molecule has 1 atom stereocenters. The van der Waals surface area contributed by atoms with Gasteiger partial charge in [-0.15, -0.1) is 0 Å². The SMILES string of the molecule is Cc1cn2cccc(C(=O)N3CCCCC3CCN3CCOCC3)c2n1. The maximum absolute atomic E-state index is 13.3. The van der Waals surface area contributed by atoms with Gasteiger partial charge in [0.25, 0.3) is 5.91 Å². The van der Waals surface area contributed by atoms with E-state index in [4.69, 9.17) is 4.74 Å². The fourth-order valence-corrected chi connectivity index (χ4v) is 4.18. The van der Waals surface area contributed by atoms with E-state index in [0.717, 1.165) is 75.6 Å². The normalized spacial score (nSPS) is 22.0. The van der Waals surface area contributed by atoms with Crippen LogP contribution < -0.4 is 0 Å². The van der Waals surface area contributed by atoms with E-state index in [2.05, 4.69) is 14.8 Å². The standard InChI is InChI=1S/C20H28N4O2/c1-16-15-23-8-4-6-18(19(23)21-16)20(25)24-9-3-2-5-17(24)7-10-22-11-13-26-14-12-22/h4,6,8,15,17H,2-3,5,7,9-14H2,1H3. The molecule has 4 heterocycles. The Kier molecular flexibility index (Phi) is 5.22. The van der Waals surface area contributed by atoms with E-state index < -0.39 is 0 Å². The van der Waals surface area contributed by atoms with Crippen LogP contribution in [0.3, 0.4) is 0 Å². The Labute approximate surface area is 154 Å². The second-order valence-corrected chi connectivity index (χ2v) is 7.43. The van der Waals surface area contributed by atoms with Gasteiger partial charge < -0.3 is 14.0 Å². The highest BCUT2D eigenvalue weighted by atomic mass is 16.5. The molecule has 0 radical (unpaired) electrons. The van der Waals surface area contributed by atoms with Crippen molar-refractivity contribution in [2.45, 2.75) is 38.6 Å². The van der Waals surface area contributed by atoms with Crippen LogP contribution in [0.15, 0.2) is 24.5 Å². The molecule has 6 nitrogen and oxygen atoms in total. The van der Waals surface area contributed by atoms with Crippen LogP contribution >= 0.6 is 0 Å². The molecule has 2 saturated heterocycles. The summed E-state index contributed by atoms with van der Waals surface area (Å²) >= 11 is 0. The zero-order chi connectivity index (χ0) is 17.9. The van der Waals surface area contributed by atoms with E-state index in [1.165, 1.54) is 6.42 Å². The van der Waals surface area contributed by atoms with Crippen LogP contribution in [-0.2, 0) is 4.74 Å². The highest BCUT2D eigenvalue weighted by Crippen LogP contribution is 2.24. The maximum Gasteiger partial charge on any atom is 0.257 e. The van der Waals surface area contributed by atoms with Gasteiger partial charge in [-0.25, -0.2) is 4.98 Å². The number of fused-ring (bicyclic) bond motifs is 1. The third kappa shape index (κ3) is 3.62. The number of aromatic nitrogens is 2. The second-order valence-electron chi connectivity index (χ2n) is 7.43. The average Bonchev–Trinajstić information content (AvgIpc) is 3.07. The number of hydrogen-bond donors (Lipinski definition) is 0. The minimum absolute atomic E-state index is 0.132. The van der Waals surface area contributed by atoms with Crippen molar-refractivity contribution >= 4 is 11.6 Å². The number of amides is 1. The number of hydrogen-bond acceptors (Lipinski definition) is 4. The summed E-state index contributed by atoms with van der Waals surface area (Å²) in [4.78, 5) is 22.4. The average molecular weight is 356 g/mol. The number of piperidine rings is 1. The lowest BCUT2D eigenvalue weighted by molar-refractivity contribution is 0.0296. The first-order valence-corrected chi connectivity index (χ1v) is 9.78. The molecule has 26 heavy (non-hydrogen) atoms. The van der Waals surface area contributed by atoms with Crippen molar-refractivity contribution in [2.24, 2.45) is 0 Å². The fraction of sp³-hybridized carbons (Fsp3) is 0.600. The lowest BCUT2D eigenvalue weighted by atomic mass is 9.98. The first kappa shape index (κ1) is 17.5. The minimum Gasteiger partial charge on any atom is -0.379 e. The molecule has 2 aromatic heterocycles. The molecule has 2 aromatic rings. The molecular weight excluding hydrogens is 328 g/mol. The zero-order valence-corrected chi connectivity index (χ0v) is 15.6. The van der Waals surface area contributed by atoms with Crippen LogP contribution in [0, 0.1) is 6.92 Å². The van der Waals surface area contributed by atoms with Crippen molar-refractivity contribution in [2.75, 3.05) is 39.4 Å². The summed E-state index contributed by atoms with van der Waals surface area (Å²) in [6, 6.07) is 4.18. The third-order valence-electron chi connectivity index (χ3n) is 5.60. The molecule has 1 amide bonds. The first-order valence-electron chi connectivity index (χ1n) is 9.78. The van der Waals surface area contributed by atoms with Gasteiger partial charge in [-0.2, -0.15) is 0 Å². The maximum atomic E-state index is 13.3. The molecule has 4 rings (SSSR count). The Morgan fingerprint density at radius 3 is 2.96 bits per heavy atom. The van der Waals surface area contributed by atoms with E-state index in [1.54, 1.807) is 0 Å². The van der Waals surface area contributed by atoms with E-state index >= 15 is 0 Å². The van der Waals surface area contributed by atoms with Gasteiger partial charge in [-0.3, -0.25) is 9.69 Å². The zero-order valence-electron chi connectivity index (χ0n) is 15.6. The number of ether oxygens (including phenoxy) is 1. The monoisotopic (exact) mass is 356 g/mol. The van der Waals surface area contributed by atoms with Crippen LogP contribution in [0.25, 0.3) is 5.65 Å². The predicted octanol–water partition coefficient (Wildman–Crippen LogP) is 2.36.